The van der Waals surface area contributed by atoms with Gasteiger partial charge in [-0.3, -0.25) is 14.3 Å². The van der Waals surface area contributed by atoms with Crippen molar-refractivity contribution in [3.8, 4) is 5.75 Å². The topological polar surface area (TPSA) is 89.0 Å². The highest BCUT2D eigenvalue weighted by molar-refractivity contribution is 5.96. The van der Waals surface area contributed by atoms with Gasteiger partial charge in [0, 0.05) is 13.2 Å². The Bertz CT molecular complexity index is 1040. The molecule has 0 aliphatic rings. The lowest BCUT2D eigenvalue weighted by Crippen LogP contribution is -2.39. The standard InChI is InChI=1S/C17H15F3N4O3/c1-24-15-11(8-22-24)13(25)12(7-21-15)16(26)23-14(17(18,19)20)9-3-5-10(27-2)6-4-9/h3-8,14H,1-2H3,(H,21,25)(H,23,26)/t14-/m1/s1. The number of benzene rings is 1. The zero-order valence-corrected chi connectivity index (χ0v) is 14.3. The van der Waals surface area contributed by atoms with Crippen molar-refractivity contribution in [2.24, 2.45) is 7.05 Å². The zero-order chi connectivity index (χ0) is 19.8. The van der Waals surface area contributed by atoms with E-state index in [4.69, 9.17) is 4.74 Å². The van der Waals surface area contributed by atoms with Gasteiger partial charge in [-0.25, -0.2) is 0 Å². The van der Waals surface area contributed by atoms with E-state index in [1.807, 2.05) is 5.32 Å². The summed E-state index contributed by atoms with van der Waals surface area (Å²) < 4.78 is 46.7. The van der Waals surface area contributed by atoms with Crippen LogP contribution in [0.15, 0.2) is 41.5 Å². The summed E-state index contributed by atoms with van der Waals surface area (Å²) in [7, 11) is 2.97. The van der Waals surface area contributed by atoms with Gasteiger partial charge < -0.3 is 15.0 Å². The summed E-state index contributed by atoms with van der Waals surface area (Å²) in [5.41, 5.74) is -0.960. The number of hydrogen-bond donors (Lipinski definition) is 2. The van der Waals surface area contributed by atoms with E-state index in [0.29, 0.717) is 11.4 Å². The van der Waals surface area contributed by atoms with E-state index in [1.165, 1.54) is 42.3 Å². The Kier molecular flexibility index (Phi) is 4.64. The van der Waals surface area contributed by atoms with E-state index >= 15 is 0 Å². The molecule has 2 N–H and O–H groups in total. The zero-order valence-electron chi connectivity index (χ0n) is 14.3. The van der Waals surface area contributed by atoms with Crippen molar-refractivity contribution in [1.29, 1.82) is 0 Å². The van der Waals surface area contributed by atoms with E-state index in [9.17, 15) is 22.8 Å². The molecule has 1 aromatic carbocycles. The Morgan fingerprint density at radius 2 is 1.96 bits per heavy atom. The molecule has 0 spiro atoms. The van der Waals surface area contributed by atoms with E-state index in [0.717, 1.165) is 6.20 Å². The molecule has 0 aliphatic heterocycles. The Morgan fingerprint density at radius 3 is 2.56 bits per heavy atom. The molecule has 1 atom stereocenters. The smallest absolute Gasteiger partial charge is 0.412 e. The van der Waals surface area contributed by atoms with Crippen LogP contribution in [0.5, 0.6) is 5.75 Å². The van der Waals surface area contributed by atoms with Gasteiger partial charge in [-0.2, -0.15) is 18.3 Å². The number of carbonyl (C=O) groups excluding carboxylic acids is 1. The number of aromatic nitrogens is 3. The normalized spacial score (nSPS) is 12.8. The van der Waals surface area contributed by atoms with Crippen LogP contribution in [0.25, 0.3) is 11.0 Å². The minimum atomic E-state index is -4.75. The number of rotatable bonds is 4. The first-order valence-electron chi connectivity index (χ1n) is 7.77. The number of carbonyl (C=O) groups is 1. The van der Waals surface area contributed by atoms with Gasteiger partial charge in [-0.15, -0.1) is 0 Å². The van der Waals surface area contributed by atoms with Crippen LogP contribution in [-0.4, -0.2) is 34.0 Å². The van der Waals surface area contributed by atoms with Crippen LogP contribution in [0.3, 0.4) is 0 Å². The molecule has 2 heterocycles. The Balaban J connectivity index is 1.95. The van der Waals surface area contributed by atoms with E-state index in [1.54, 1.807) is 7.05 Å². The average molecular weight is 380 g/mol. The SMILES string of the molecule is COc1ccc([C@@H](NC(=O)c2c[nH]c3c(cnn3C)c2=O)C(F)(F)F)cc1. The van der Waals surface area contributed by atoms with Crippen LogP contribution in [0.4, 0.5) is 13.2 Å². The van der Waals surface area contributed by atoms with Crippen molar-refractivity contribution in [1.82, 2.24) is 20.1 Å². The van der Waals surface area contributed by atoms with Crippen LogP contribution in [0.1, 0.15) is 22.0 Å². The number of aryl methyl sites for hydroxylation is 1. The number of alkyl halides is 3. The summed E-state index contributed by atoms with van der Waals surface area (Å²) in [6.07, 6.45) is -2.44. The molecule has 2 aromatic heterocycles. The summed E-state index contributed by atoms with van der Waals surface area (Å²) in [6.45, 7) is 0. The summed E-state index contributed by atoms with van der Waals surface area (Å²) >= 11 is 0. The van der Waals surface area contributed by atoms with E-state index < -0.39 is 29.1 Å². The second kappa shape index (κ2) is 6.78. The summed E-state index contributed by atoms with van der Waals surface area (Å²) in [4.78, 5) is 27.5. The van der Waals surface area contributed by atoms with Crippen molar-refractivity contribution in [3.63, 3.8) is 0 Å². The van der Waals surface area contributed by atoms with Crippen LogP contribution < -0.4 is 15.5 Å². The molecular weight excluding hydrogens is 365 g/mol. The number of hydrogen-bond acceptors (Lipinski definition) is 4. The molecule has 3 rings (SSSR count). The highest BCUT2D eigenvalue weighted by atomic mass is 19.4. The quantitative estimate of drug-likeness (QED) is 0.727. The first-order chi connectivity index (χ1) is 12.7. The lowest BCUT2D eigenvalue weighted by Gasteiger charge is -2.22. The molecule has 0 bridgehead atoms. The third-order valence-corrected chi connectivity index (χ3v) is 4.08. The highest BCUT2D eigenvalue weighted by Gasteiger charge is 2.42. The van der Waals surface area contributed by atoms with Crippen molar-refractivity contribution < 1.29 is 22.7 Å². The molecule has 10 heteroatoms. The first-order valence-corrected chi connectivity index (χ1v) is 7.77. The fourth-order valence-electron chi connectivity index (χ4n) is 2.65. The Hall–Kier alpha value is -3.30. The fraction of sp³-hybridized carbons (Fsp3) is 0.235. The van der Waals surface area contributed by atoms with Crippen molar-refractivity contribution in [2.45, 2.75) is 12.2 Å². The second-order valence-corrected chi connectivity index (χ2v) is 5.78. The minimum absolute atomic E-state index is 0.109. The number of H-pyrrole nitrogens is 1. The van der Waals surface area contributed by atoms with Crippen LogP contribution in [0.2, 0.25) is 0 Å². The number of nitrogens with one attached hydrogen (secondary N) is 2. The average Bonchev–Trinajstić information content (AvgIpc) is 3.01. The van der Waals surface area contributed by atoms with Gasteiger partial charge in [0.05, 0.1) is 18.7 Å². The molecule has 0 unspecified atom stereocenters. The van der Waals surface area contributed by atoms with Gasteiger partial charge >= 0.3 is 6.18 Å². The molecule has 0 radical (unpaired) electrons. The van der Waals surface area contributed by atoms with Gasteiger partial charge in [-0.1, -0.05) is 12.1 Å². The van der Waals surface area contributed by atoms with Gasteiger partial charge in [-0.05, 0) is 17.7 Å². The molecule has 0 aliphatic carbocycles. The number of nitrogens with zero attached hydrogens (tertiary/aromatic N) is 2. The molecule has 0 fully saturated rings. The highest BCUT2D eigenvalue weighted by Crippen LogP contribution is 2.33. The summed E-state index contributed by atoms with van der Waals surface area (Å²) in [6, 6.07) is 2.83. The Morgan fingerprint density at radius 1 is 1.30 bits per heavy atom. The van der Waals surface area contributed by atoms with Gasteiger partial charge in [0.1, 0.15) is 17.0 Å². The monoisotopic (exact) mass is 380 g/mol. The maximum atomic E-state index is 13.5. The van der Waals surface area contributed by atoms with Gasteiger partial charge in [0.25, 0.3) is 5.91 Å². The molecular formula is C17H15F3N4O3. The van der Waals surface area contributed by atoms with Crippen molar-refractivity contribution in [2.75, 3.05) is 7.11 Å². The first kappa shape index (κ1) is 18.5. The lowest BCUT2D eigenvalue weighted by molar-refractivity contribution is -0.155. The van der Waals surface area contributed by atoms with E-state index in [-0.39, 0.29) is 10.9 Å². The van der Waals surface area contributed by atoms with Crippen LogP contribution in [0, 0.1) is 0 Å². The predicted octanol–water partition coefficient (Wildman–Crippen LogP) is 2.30. The predicted molar refractivity (Wildman–Crippen MR) is 90.6 cm³/mol. The molecule has 1 amide bonds. The third-order valence-electron chi connectivity index (χ3n) is 4.08. The van der Waals surface area contributed by atoms with Gasteiger partial charge in [0.15, 0.2) is 6.04 Å². The molecule has 142 valence electrons. The number of fused-ring (bicyclic) bond motifs is 1. The Labute approximate surface area is 150 Å². The van der Waals surface area contributed by atoms with Crippen molar-refractivity contribution >= 4 is 16.9 Å². The third kappa shape index (κ3) is 3.50. The van der Waals surface area contributed by atoms with Crippen molar-refractivity contribution in [3.05, 3.63) is 58.0 Å². The van der Waals surface area contributed by atoms with Crippen LogP contribution >= 0.6 is 0 Å². The van der Waals surface area contributed by atoms with E-state index in [2.05, 4.69) is 10.1 Å². The number of amides is 1. The summed E-state index contributed by atoms with van der Waals surface area (Å²) in [5, 5.41) is 5.88. The number of halogens is 3. The second-order valence-electron chi connectivity index (χ2n) is 5.78. The molecule has 0 saturated heterocycles. The number of aromatic amines is 1. The fourth-order valence-corrected chi connectivity index (χ4v) is 2.65. The molecule has 0 saturated carbocycles. The minimum Gasteiger partial charge on any atom is -0.497 e. The molecule has 3 aromatic rings. The van der Waals surface area contributed by atoms with Crippen LogP contribution in [-0.2, 0) is 7.05 Å². The van der Waals surface area contributed by atoms with Gasteiger partial charge in [0.2, 0.25) is 5.43 Å². The molecule has 7 nitrogen and oxygen atoms in total. The lowest BCUT2D eigenvalue weighted by atomic mass is 10.1. The molecule has 27 heavy (non-hydrogen) atoms. The summed E-state index contributed by atoms with van der Waals surface area (Å²) in [5.74, 6) is -0.760. The largest absolute Gasteiger partial charge is 0.497 e. The maximum Gasteiger partial charge on any atom is 0.412 e. The maximum absolute atomic E-state index is 13.5. The number of methoxy groups -OCH3 is 1. The number of ether oxygens (including phenoxy) is 1. The number of pyridine rings is 1.